The lowest BCUT2D eigenvalue weighted by atomic mass is 10.1. The van der Waals surface area contributed by atoms with Crippen molar-refractivity contribution < 1.29 is 14.3 Å². The minimum Gasteiger partial charge on any atom is -0.494 e. The number of aromatic nitrogens is 1. The molecule has 0 saturated carbocycles. The van der Waals surface area contributed by atoms with E-state index in [0.717, 1.165) is 35.2 Å². The number of nitrogens with zero attached hydrogens (tertiary/aromatic N) is 2. The molecule has 2 aromatic carbocycles. The Kier molecular flexibility index (Phi) is 7.95. The summed E-state index contributed by atoms with van der Waals surface area (Å²) in [6.45, 7) is 1.93. The fraction of sp³-hybridized carbons (Fsp3) is 0.292. The first-order valence-corrected chi connectivity index (χ1v) is 10.3. The number of para-hydroxylation sites is 1. The molecule has 0 saturated heterocycles. The zero-order chi connectivity index (χ0) is 22.1. The maximum absolute atomic E-state index is 12.2. The van der Waals surface area contributed by atoms with Gasteiger partial charge in [-0.2, -0.15) is 0 Å². The van der Waals surface area contributed by atoms with Gasteiger partial charge in [0.15, 0.2) is 0 Å². The summed E-state index contributed by atoms with van der Waals surface area (Å²) in [6, 6.07) is 16.8. The van der Waals surface area contributed by atoms with E-state index >= 15 is 0 Å². The number of carbonyl (C=O) groups is 2. The molecule has 3 aromatic rings. The fourth-order valence-corrected chi connectivity index (χ4v) is 3.15. The minimum absolute atomic E-state index is 0.349. The van der Waals surface area contributed by atoms with Gasteiger partial charge in [-0.05, 0) is 62.8 Å². The van der Waals surface area contributed by atoms with Crippen LogP contribution >= 0.6 is 0 Å². The summed E-state index contributed by atoms with van der Waals surface area (Å²) in [4.78, 5) is 30.8. The number of amides is 2. The highest BCUT2D eigenvalue weighted by molar-refractivity contribution is 6.39. The molecular weight excluding hydrogens is 392 g/mol. The van der Waals surface area contributed by atoms with Crippen LogP contribution in [0.15, 0.2) is 60.8 Å². The Labute approximate surface area is 182 Å². The number of ether oxygens (including phenoxy) is 1. The summed E-state index contributed by atoms with van der Waals surface area (Å²) < 4.78 is 5.67. The van der Waals surface area contributed by atoms with E-state index in [0.29, 0.717) is 25.3 Å². The van der Waals surface area contributed by atoms with Crippen molar-refractivity contribution >= 4 is 28.4 Å². The first kappa shape index (κ1) is 22.2. The third-order valence-electron chi connectivity index (χ3n) is 4.73. The molecule has 1 heterocycles. The number of pyridine rings is 1. The van der Waals surface area contributed by atoms with Crippen LogP contribution in [0.4, 0.5) is 5.69 Å². The molecule has 0 spiro atoms. The number of rotatable bonds is 9. The van der Waals surface area contributed by atoms with Gasteiger partial charge in [-0.15, -0.1) is 0 Å². The Morgan fingerprint density at radius 1 is 1.00 bits per heavy atom. The van der Waals surface area contributed by atoms with Crippen molar-refractivity contribution in [2.75, 3.05) is 39.1 Å². The van der Waals surface area contributed by atoms with Crippen LogP contribution in [0.2, 0.25) is 0 Å². The molecule has 0 radical (unpaired) electrons. The number of anilines is 1. The Bertz CT molecular complexity index is 1010. The monoisotopic (exact) mass is 420 g/mol. The fourth-order valence-electron chi connectivity index (χ4n) is 3.15. The maximum atomic E-state index is 12.2. The van der Waals surface area contributed by atoms with E-state index in [-0.39, 0.29) is 0 Å². The number of hydrogen-bond donors (Lipinski definition) is 2. The summed E-state index contributed by atoms with van der Waals surface area (Å²) in [5.74, 6) is -0.641. The highest BCUT2D eigenvalue weighted by atomic mass is 16.5. The molecule has 3 rings (SSSR count). The molecule has 0 aliphatic carbocycles. The highest BCUT2D eigenvalue weighted by Gasteiger charge is 2.13. The molecule has 2 N–H and O–H groups in total. The molecule has 0 fully saturated rings. The lowest BCUT2D eigenvalue weighted by Gasteiger charge is -2.11. The Hall–Kier alpha value is -3.45. The van der Waals surface area contributed by atoms with Crippen molar-refractivity contribution in [1.29, 1.82) is 0 Å². The predicted molar refractivity (Wildman–Crippen MR) is 122 cm³/mol. The summed E-state index contributed by atoms with van der Waals surface area (Å²) in [5.41, 5.74) is 2.48. The Morgan fingerprint density at radius 2 is 1.77 bits per heavy atom. The SMILES string of the molecule is CN(C)CCCOc1ccc(NC(=O)C(=O)NCCc2cccc3cccnc23)cc1. The lowest BCUT2D eigenvalue weighted by molar-refractivity contribution is -0.136. The van der Waals surface area contributed by atoms with Gasteiger partial charge in [-0.25, -0.2) is 0 Å². The molecule has 7 nitrogen and oxygen atoms in total. The highest BCUT2D eigenvalue weighted by Crippen LogP contribution is 2.17. The van der Waals surface area contributed by atoms with Crippen molar-refractivity contribution in [2.24, 2.45) is 0 Å². The quantitative estimate of drug-likeness (QED) is 0.411. The third kappa shape index (κ3) is 6.79. The maximum Gasteiger partial charge on any atom is 0.313 e. The van der Waals surface area contributed by atoms with Gasteiger partial charge in [-0.3, -0.25) is 14.6 Å². The normalized spacial score (nSPS) is 10.8. The van der Waals surface area contributed by atoms with E-state index < -0.39 is 11.8 Å². The number of carbonyl (C=O) groups excluding carboxylic acids is 2. The zero-order valence-electron chi connectivity index (χ0n) is 17.9. The van der Waals surface area contributed by atoms with Gasteiger partial charge in [0.1, 0.15) is 5.75 Å². The molecule has 0 aliphatic heterocycles. The predicted octanol–water partition coefficient (Wildman–Crippen LogP) is 2.86. The third-order valence-corrected chi connectivity index (χ3v) is 4.73. The van der Waals surface area contributed by atoms with E-state index in [1.165, 1.54) is 0 Å². The van der Waals surface area contributed by atoms with E-state index in [9.17, 15) is 9.59 Å². The van der Waals surface area contributed by atoms with Gasteiger partial charge >= 0.3 is 11.8 Å². The smallest absolute Gasteiger partial charge is 0.313 e. The second-order valence-electron chi connectivity index (χ2n) is 7.48. The molecule has 0 unspecified atom stereocenters. The molecular formula is C24H28N4O3. The van der Waals surface area contributed by atoms with E-state index in [1.807, 2.05) is 44.4 Å². The van der Waals surface area contributed by atoms with Crippen LogP contribution in [0.25, 0.3) is 10.9 Å². The lowest BCUT2D eigenvalue weighted by Crippen LogP contribution is -2.36. The minimum atomic E-state index is -0.698. The second-order valence-corrected chi connectivity index (χ2v) is 7.48. The van der Waals surface area contributed by atoms with Crippen molar-refractivity contribution in [2.45, 2.75) is 12.8 Å². The van der Waals surface area contributed by atoms with Crippen LogP contribution < -0.4 is 15.4 Å². The topological polar surface area (TPSA) is 83.6 Å². The van der Waals surface area contributed by atoms with Crippen LogP contribution in [0, 0.1) is 0 Å². The molecule has 0 bridgehead atoms. The van der Waals surface area contributed by atoms with Crippen LogP contribution in [-0.2, 0) is 16.0 Å². The van der Waals surface area contributed by atoms with Gasteiger partial charge in [-0.1, -0.05) is 24.3 Å². The van der Waals surface area contributed by atoms with E-state index in [4.69, 9.17) is 4.74 Å². The van der Waals surface area contributed by atoms with Crippen molar-refractivity contribution in [3.8, 4) is 5.75 Å². The summed E-state index contributed by atoms with van der Waals surface area (Å²) >= 11 is 0. The van der Waals surface area contributed by atoms with Crippen LogP contribution in [0.3, 0.4) is 0 Å². The summed E-state index contributed by atoms with van der Waals surface area (Å²) in [6.07, 6.45) is 3.27. The van der Waals surface area contributed by atoms with Gasteiger partial charge in [0, 0.05) is 30.4 Å². The van der Waals surface area contributed by atoms with Gasteiger partial charge in [0.05, 0.1) is 12.1 Å². The largest absolute Gasteiger partial charge is 0.494 e. The average molecular weight is 421 g/mol. The molecule has 2 amide bonds. The van der Waals surface area contributed by atoms with Gasteiger partial charge in [0.2, 0.25) is 0 Å². The number of nitrogens with one attached hydrogen (secondary N) is 2. The second kappa shape index (κ2) is 11.1. The summed E-state index contributed by atoms with van der Waals surface area (Å²) in [7, 11) is 4.04. The molecule has 162 valence electrons. The van der Waals surface area contributed by atoms with Gasteiger partial charge in [0.25, 0.3) is 0 Å². The molecule has 7 heteroatoms. The molecule has 0 aliphatic rings. The Morgan fingerprint density at radius 3 is 2.55 bits per heavy atom. The van der Waals surface area contributed by atoms with E-state index in [2.05, 4.69) is 20.5 Å². The standard InChI is InChI=1S/C24H28N4O3/c1-28(2)16-5-17-31-21-11-9-20(10-12-21)27-24(30)23(29)26-15-13-19-7-3-6-18-8-4-14-25-22(18)19/h3-4,6-12,14H,5,13,15-17H2,1-2H3,(H,26,29)(H,27,30). The van der Waals surface area contributed by atoms with Crippen LogP contribution in [0.5, 0.6) is 5.75 Å². The summed E-state index contributed by atoms with van der Waals surface area (Å²) in [5, 5.41) is 6.32. The molecule has 1 aromatic heterocycles. The van der Waals surface area contributed by atoms with E-state index in [1.54, 1.807) is 30.5 Å². The van der Waals surface area contributed by atoms with Crippen molar-refractivity contribution in [1.82, 2.24) is 15.2 Å². The van der Waals surface area contributed by atoms with Gasteiger partial charge < -0.3 is 20.3 Å². The van der Waals surface area contributed by atoms with Crippen molar-refractivity contribution in [3.63, 3.8) is 0 Å². The number of benzene rings is 2. The van der Waals surface area contributed by atoms with Crippen molar-refractivity contribution in [3.05, 3.63) is 66.4 Å². The zero-order valence-corrected chi connectivity index (χ0v) is 17.9. The Balaban J connectivity index is 1.43. The van der Waals surface area contributed by atoms with Crippen LogP contribution in [0.1, 0.15) is 12.0 Å². The molecule has 0 atom stereocenters. The molecule has 31 heavy (non-hydrogen) atoms. The first-order valence-electron chi connectivity index (χ1n) is 10.3. The van der Waals surface area contributed by atoms with Crippen LogP contribution in [-0.4, -0.2) is 55.5 Å². The first-order chi connectivity index (χ1) is 15.0. The number of fused-ring (bicyclic) bond motifs is 1. The number of hydrogen-bond acceptors (Lipinski definition) is 5. The average Bonchev–Trinajstić information content (AvgIpc) is 2.77.